The summed E-state index contributed by atoms with van der Waals surface area (Å²) in [4.78, 5) is 4.15. The maximum atomic E-state index is 8.67. The van der Waals surface area contributed by atoms with Crippen LogP contribution >= 0.6 is 15.9 Å². The fourth-order valence-electron chi connectivity index (χ4n) is 1.35. The van der Waals surface area contributed by atoms with Crippen LogP contribution in [-0.2, 0) is 0 Å². The lowest BCUT2D eigenvalue weighted by Gasteiger charge is -2.07. The number of aromatic nitrogens is 1. The van der Waals surface area contributed by atoms with Crippen molar-refractivity contribution in [1.29, 1.82) is 5.26 Å². The number of nitrogens with zero attached hydrogens (tertiary/aromatic N) is 2. The zero-order chi connectivity index (χ0) is 12.3. The summed E-state index contributed by atoms with van der Waals surface area (Å²) >= 11 is 3.48. The molecule has 4 heteroatoms. The maximum Gasteiger partial charge on any atom is 0.130 e. The monoisotopic (exact) mass is 287 g/mol. The number of hydrogen-bond donors (Lipinski definition) is 1. The van der Waals surface area contributed by atoms with Crippen LogP contribution in [0.2, 0.25) is 0 Å². The van der Waals surface area contributed by atoms with Crippen LogP contribution in [0.5, 0.6) is 0 Å². The van der Waals surface area contributed by atoms with Crippen LogP contribution in [0.3, 0.4) is 0 Å². The van der Waals surface area contributed by atoms with Crippen molar-refractivity contribution in [2.24, 2.45) is 0 Å². The molecular weight excluding hydrogens is 278 g/mol. The first kappa shape index (κ1) is 11.6. The molecule has 1 aromatic carbocycles. The van der Waals surface area contributed by atoms with E-state index in [0.717, 1.165) is 16.0 Å². The molecule has 0 radical (unpaired) electrons. The quantitative estimate of drug-likeness (QED) is 0.915. The number of nitrogens with one attached hydrogen (secondary N) is 1. The second-order valence-corrected chi connectivity index (χ2v) is 4.49. The van der Waals surface area contributed by atoms with Gasteiger partial charge in [-0.3, -0.25) is 0 Å². The highest BCUT2D eigenvalue weighted by molar-refractivity contribution is 9.10. The standard InChI is InChI=1S/C13H10BrN3/c1-9-2-4-11(6-12(9)14)17-13-5-3-10(7-15)8-16-13/h2-6,8H,1H3,(H,16,17). The summed E-state index contributed by atoms with van der Waals surface area (Å²) in [6.45, 7) is 2.04. The molecule has 1 heterocycles. The van der Waals surface area contributed by atoms with Crippen molar-refractivity contribution in [2.75, 3.05) is 5.32 Å². The highest BCUT2D eigenvalue weighted by Gasteiger charge is 1.99. The third-order valence-corrected chi connectivity index (χ3v) is 3.19. The van der Waals surface area contributed by atoms with Crippen LogP contribution < -0.4 is 5.32 Å². The first-order valence-corrected chi connectivity index (χ1v) is 5.87. The van der Waals surface area contributed by atoms with Crippen LogP contribution in [0.1, 0.15) is 11.1 Å². The van der Waals surface area contributed by atoms with E-state index < -0.39 is 0 Å². The van der Waals surface area contributed by atoms with E-state index in [4.69, 9.17) is 5.26 Å². The van der Waals surface area contributed by atoms with E-state index in [1.165, 1.54) is 5.56 Å². The van der Waals surface area contributed by atoms with E-state index in [1.807, 2.05) is 31.2 Å². The highest BCUT2D eigenvalue weighted by atomic mass is 79.9. The zero-order valence-corrected chi connectivity index (χ0v) is 10.8. The lowest BCUT2D eigenvalue weighted by atomic mass is 10.2. The molecule has 1 N–H and O–H groups in total. The van der Waals surface area contributed by atoms with E-state index in [0.29, 0.717) is 5.56 Å². The van der Waals surface area contributed by atoms with Crippen molar-refractivity contribution in [3.8, 4) is 6.07 Å². The molecular formula is C13H10BrN3. The van der Waals surface area contributed by atoms with Crippen LogP contribution in [0, 0.1) is 18.3 Å². The minimum atomic E-state index is 0.556. The molecule has 0 saturated carbocycles. The molecule has 0 amide bonds. The van der Waals surface area contributed by atoms with Gasteiger partial charge in [-0.25, -0.2) is 4.98 Å². The second kappa shape index (κ2) is 4.98. The topological polar surface area (TPSA) is 48.7 Å². The van der Waals surface area contributed by atoms with E-state index in [-0.39, 0.29) is 0 Å². The fraction of sp³-hybridized carbons (Fsp3) is 0.0769. The van der Waals surface area contributed by atoms with Crippen molar-refractivity contribution in [1.82, 2.24) is 4.98 Å². The molecule has 0 aliphatic heterocycles. The fourth-order valence-corrected chi connectivity index (χ4v) is 1.73. The van der Waals surface area contributed by atoms with E-state index in [1.54, 1.807) is 18.3 Å². The Balaban J connectivity index is 2.20. The first-order chi connectivity index (χ1) is 8.19. The number of aryl methyl sites for hydroxylation is 1. The predicted octanol–water partition coefficient (Wildman–Crippen LogP) is 3.77. The van der Waals surface area contributed by atoms with Crippen LogP contribution in [-0.4, -0.2) is 4.98 Å². The molecule has 3 nitrogen and oxygen atoms in total. The van der Waals surface area contributed by atoms with Crippen LogP contribution in [0.4, 0.5) is 11.5 Å². The van der Waals surface area contributed by atoms with Gasteiger partial charge in [-0.15, -0.1) is 0 Å². The third kappa shape index (κ3) is 2.83. The van der Waals surface area contributed by atoms with Gasteiger partial charge in [0.15, 0.2) is 0 Å². The van der Waals surface area contributed by atoms with Crippen LogP contribution in [0.25, 0.3) is 0 Å². The second-order valence-electron chi connectivity index (χ2n) is 3.63. The minimum Gasteiger partial charge on any atom is -0.340 e. The lowest BCUT2D eigenvalue weighted by molar-refractivity contribution is 1.28. The zero-order valence-electron chi connectivity index (χ0n) is 9.24. The Labute approximate surface area is 108 Å². The largest absolute Gasteiger partial charge is 0.340 e. The van der Waals surface area contributed by atoms with Gasteiger partial charge in [-0.1, -0.05) is 22.0 Å². The summed E-state index contributed by atoms with van der Waals surface area (Å²) in [7, 11) is 0. The maximum absolute atomic E-state index is 8.67. The molecule has 0 saturated heterocycles. The molecule has 0 bridgehead atoms. The molecule has 0 atom stereocenters. The van der Waals surface area contributed by atoms with Gasteiger partial charge in [0.25, 0.3) is 0 Å². The summed E-state index contributed by atoms with van der Waals surface area (Å²) in [5.41, 5.74) is 2.70. The molecule has 0 spiro atoms. The Kier molecular flexibility index (Phi) is 3.40. The number of hydrogen-bond acceptors (Lipinski definition) is 3. The number of anilines is 2. The normalized spacial score (nSPS) is 9.71. The van der Waals surface area contributed by atoms with Gasteiger partial charge in [0, 0.05) is 16.4 Å². The van der Waals surface area contributed by atoms with Gasteiger partial charge in [0.05, 0.1) is 5.56 Å². The van der Waals surface area contributed by atoms with E-state index in [9.17, 15) is 0 Å². The van der Waals surface area contributed by atoms with Crippen molar-refractivity contribution in [3.05, 3.63) is 52.1 Å². The summed E-state index contributed by atoms with van der Waals surface area (Å²) in [6, 6.07) is 11.6. The molecule has 0 aliphatic carbocycles. The van der Waals surface area contributed by atoms with Crippen molar-refractivity contribution < 1.29 is 0 Å². The first-order valence-electron chi connectivity index (χ1n) is 5.08. The molecule has 1 aromatic heterocycles. The Morgan fingerprint density at radius 2 is 2.12 bits per heavy atom. The minimum absolute atomic E-state index is 0.556. The van der Waals surface area contributed by atoms with Crippen molar-refractivity contribution in [2.45, 2.75) is 6.92 Å². The van der Waals surface area contributed by atoms with Gasteiger partial charge in [-0.05, 0) is 36.8 Å². The van der Waals surface area contributed by atoms with Gasteiger partial charge in [0.2, 0.25) is 0 Å². The van der Waals surface area contributed by atoms with Crippen molar-refractivity contribution in [3.63, 3.8) is 0 Å². The number of halogens is 1. The number of rotatable bonds is 2. The Morgan fingerprint density at radius 1 is 1.29 bits per heavy atom. The average molecular weight is 288 g/mol. The van der Waals surface area contributed by atoms with Gasteiger partial charge >= 0.3 is 0 Å². The average Bonchev–Trinajstić information content (AvgIpc) is 2.35. The molecule has 17 heavy (non-hydrogen) atoms. The summed E-state index contributed by atoms with van der Waals surface area (Å²) < 4.78 is 1.05. The summed E-state index contributed by atoms with van der Waals surface area (Å²) in [5.74, 6) is 0.722. The number of pyridine rings is 1. The smallest absolute Gasteiger partial charge is 0.130 e. The predicted molar refractivity (Wildman–Crippen MR) is 71.1 cm³/mol. The van der Waals surface area contributed by atoms with Crippen molar-refractivity contribution >= 4 is 27.4 Å². The summed E-state index contributed by atoms with van der Waals surface area (Å²) in [6.07, 6.45) is 1.55. The Hall–Kier alpha value is -1.86. The summed E-state index contributed by atoms with van der Waals surface area (Å²) in [5, 5.41) is 11.8. The third-order valence-electron chi connectivity index (χ3n) is 2.34. The molecule has 0 aliphatic rings. The molecule has 2 rings (SSSR count). The SMILES string of the molecule is Cc1ccc(Nc2ccc(C#N)cn2)cc1Br. The van der Waals surface area contributed by atoms with E-state index in [2.05, 4.69) is 26.2 Å². The van der Waals surface area contributed by atoms with Gasteiger partial charge < -0.3 is 5.32 Å². The molecule has 84 valence electrons. The lowest BCUT2D eigenvalue weighted by Crippen LogP contribution is -1.93. The van der Waals surface area contributed by atoms with Gasteiger partial charge in [-0.2, -0.15) is 5.26 Å². The van der Waals surface area contributed by atoms with E-state index >= 15 is 0 Å². The Bertz CT molecular complexity index is 570. The highest BCUT2D eigenvalue weighted by Crippen LogP contribution is 2.22. The Morgan fingerprint density at radius 3 is 2.71 bits per heavy atom. The molecule has 2 aromatic rings. The number of benzene rings is 1. The van der Waals surface area contributed by atoms with Crippen LogP contribution in [0.15, 0.2) is 41.0 Å². The molecule has 0 fully saturated rings. The van der Waals surface area contributed by atoms with Gasteiger partial charge in [0.1, 0.15) is 11.9 Å². The number of nitriles is 1. The molecule has 0 unspecified atom stereocenters.